The van der Waals surface area contributed by atoms with Gasteiger partial charge in [0.2, 0.25) is 0 Å². The number of aromatic nitrogens is 2. The van der Waals surface area contributed by atoms with Crippen LogP contribution in [0, 0.1) is 11.4 Å². The minimum atomic E-state index is -0.241. The summed E-state index contributed by atoms with van der Waals surface area (Å²) in [6.07, 6.45) is 7.74. The van der Waals surface area contributed by atoms with E-state index < -0.39 is 0 Å². The first-order chi connectivity index (χ1) is 11.3. The first kappa shape index (κ1) is 15.4. The van der Waals surface area contributed by atoms with E-state index in [0.717, 1.165) is 16.8 Å². The maximum absolute atomic E-state index is 13.0. The summed E-state index contributed by atoms with van der Waals surface area (Å²) in [5.74, 6) is -0.241. The summed E-state index contributed by atoms with van der Waals surface area (Å²) in [6, 6.07) is 14.4. The molecule has 0 spiro atoms. The van der Waals surface area contributed by atoms with Crippen LogP contribution in [-0.2, 0) is 11.1 Å². The molecule has 0 amide bonds. The van der Waals surface area contributed by atoms with Crippen molar-refractivity contribution in [3.63, 3.8) is 0 Å². The van der Waals surface area contributed by atoms with Gasteiger partial charge < -0.3 is 0 Å². The molecule has 3 nitrogen and oxygen atoms in total. The van der Waals surface area contributed by atoms with Gasteiger partial charge in [-0.15, -0.1) is 0 Å². The summed E-state index contributed by atoms with van der Waals surface area (Å²) in [5, 5.41) is 0. The van der Waals surface area contributed by atoms with Crippen LogP contribution in [0.3, 0.4) is 0 Å². The van der Waals surface area contributed by atoms with Crippen molar-refractivity contribution in [1.29, 1.82) is 0 Å². The number of rotatable bonds is 3. The second kappa shape index (κ2) is 7.15. The summed E-state index contributed by atoms with van der Waals surface area (Å²) in [5.41, 5.74) is 5.79. The number of pyridine rings is 2. The molecular weight excluding hydrogens is 310 g/mol. The van der Waals surface area contributed by atoms with Crippen LogP contribution < -0.4 is 9.13 Å². The Kier molecular flexibility index (Phi) is 4.77. The van der Waals surface area contributed by atoms with Gasteiger partial charge in [0.15, 0.2) is 0 Å². The van der Waals surface area contributed by atoms with Gasteiger partial charge in [-0.2, -0.15) is 0 Å². The molecule has 0 atom stereocenters. The number of benzene rings is 1. The van der Waals surface area contributed by atoms with Crippen molar-refractivity contribution in [2.75, 3.05) is 0 Å². The van der Waals surface area contributed by atoms with Crippen molar-refractivity contribution in [2.45, 2.75) is 6.54 Å². The van der Waals surface area contributed by atoms with Gasteiger partial charge >= 0.3 is 112 Å². The Labute approximate surface area is 134 Å². The Morgan fingerprint density at radius 1 is 0.870 bits per heavy atom. The maximum atomic E-state index is 13.0. The average molecular weight is 324 g/mol. The van der Waals surface area contributed by atoms with Crippen molar-refractivity contribution < 1.29 is 18.1 Å². The van der Waals surface area contributed by atoms with Crippen LogP contribution in [-0.4, -0.2) is 0 Å². The second-order valence-corrected chi connectivity index (χ2v) is 5.48. The Morgan fingerprint density at radius 3 is 2.00 bits per heavy atom. The predicted octanol–water partition coefficient (Wildman–Crippen LogP) is 3.31. The molecule has 1 aromatic carbocycles. The molecule has 0 aliphatic carbocycles. The first-order valence-corrected chi connectivity index (χ1v) is 7.89. The first-order valence-electron chi connectivity index (χ1n) is 7.08. The van der Waals surface area contributed by atoms with Gasteiger partial charge in [-0.05, 0) is 12.1 Å². The third kappa shape index (κ3) is 3.81. The van der Waals surface area contributed by atoms with Crippen molar-refractivity contribution >= 4 is 7.92 Å². The van der Waals surface area contributed by atoms with Gasteiger partial charge in [0, 0.05) is 0 Å². The van der Waals surface area contributed by atoms with Gasteiger partial charge in [-0.3, -0.25) is 0 Å². The second-order valence-electron chi connectivity index (χ2n) is 4.98. The SMILES string of the molecule is O=P#CC[n+]1ccc(-c2cc[n+](-c3ccc(F)cc3)cc2)cc1. The summed E-state index contributed by atoms with van der Waals surface area (Å²) in [7, 11) is -0.0798. The van der Waals surface area contributed by atoms with E-state index in [2.05, 4.69) is 5.63 Å². The molecule has 2 aromatic heterocycles. The molecule has 0 aliphatic heterocycles. The quantitative estimate of drug-likeness (QED) is 0.536. The zero-order valence-electron chi connectivity index (χ0n) is 12.3. The van der Waals surface area contributed by atoms with Crippen LogP contribution in [0.2, 0.25) is 0 Å². The molecule has 3 rings (SSSR count). The zero-order valence-corrected chi connectivity index (χ0v) is 13.2. The number of hydrogen-bond acceptors (Lipinski definition) is 1. The Morgan fingerprint density at radius 2 is 1.43 bits per heavy atom. The molecule has 3 aromatic rings. The van der Waals surface area contributed by atoms with E-state index >= 15 is 0 Å². The minimum absolute atomic E-state index is 0.0798. The van der Waals surface area contributed by atoms with Gasteiger partial charge in [0.25, 0.3) is 0 Å². The van der Waals surface area contributed by atoms with E-state index in [1.807, 2.05) is 58.2 Å². The monoisotopic (exact) mass is 324 g/mol. The van der Waals surface area contributed by atoms with Gasteiger partial charge in [0.1, 0.15) is 5.82 Å². The van der Waals surface area contributed by atoms with Crippen LogP contribution in [0.5, 0.6) is 0 Å². The molecule has 0 saturated carbocycles. The van der Waals surface area contributed by atoms with E-state index in [-0.39, 0.29) is 13.7 Å². The standard InChI is InChI=1S/C18H14FN2OP/c19-17-1-3-18(4-2-17)21-11-7-16(8-12-21)15-5-9-20(10-6-15)13-14-23-22/h1-12H,13H2/q+2. The van der Waals surface area contributed by atoms with Crippen molar-refractivity contribution in [3.8, 4) is 22.4 Å². The molecule has 0 radical (unpaired) electrons. The van der Waals surface area contributed by atoms with E-state index in [1.54, 1.807) is 12.1 Å². The normalized spacial score (nSPS) is 10.1. The summed E-state index contributed by atoms with van der Waals surface area (Å²) in [6.45, 7) is 0.491. The predicted molar refractivity (Wildman–Crippen MR) is 85.1 cm³/mol. The molecule has 0 unspecified atom stereocenters. The van der Waals surface area contributed by atoms with Crippen LogP contribution in [0.1, 0.15) is 0 Å². The Hall–Kier alpha value is -2.54. The average Bonchev–Trinajstić information content (AvgIpc) is 2.61. The van der Waals surface area contributed by atoms with Crippen LogP contribution in [0.15, 0.2) is 73.3 Å². The number of halogens is 1. The van der Waals surface area contributed by atoms with E-state index in [1.165, 1.54) is 12.1 Å². The van der Waals surface area contributed by atoms with Gasteiger partial charge in [-0.25, -0.2) is 4.39 Å². The fourth-order valence-corrected chi connectivity index (χ4v) is 2.49. The van der Waals surface area contributed by atoms with Gasteiger partial charge in [-0.1, -0.05) is 0 Å². The number of hydrogen-bond donors (Lipinski definition) is 0. The summed E-state index contributed by atoms with van der Waals surface area (Å²) in [4.78, 5) is 0. The third-order valence-electron chi connectivity index (χ3n) is 3.50. The Bertz CT molecular complexity index is 902. The topological polar surface area (TPSA) is 24.8 Å². The Balaban J connectivity index is 1.82. The van der Waals surface area contributed by atoms with Gasteiger partial charge in [0.05, 0.1) is 0 Å². The third-order valence-corrected chi connectivity index (χ3v) is 3.77. The van der Waals surface area contributed by atoms with Crippen molar-refractivity contribution in [2.24, 2.45) is 0 Å². The molecular formula is C18H14FN2OP+2. The van der Waals surface area contributed by atoms with Crippen LogP contribution in [0.25, 0.3) is 16.8 Å². The molecule has 0 saturated heterocycles. The van der Waals surface area contributed by atoms with Crippen molar-refractivity contribution in [3.05, 3.63) is 79.1 Å². The molecule has 23 heavy (non-hydrogen) atoms. The summed E-state index contributed by atoms with van der Waals surface area (Å²) >= 11 is 0. The fourth-order valence-electron chi connectivity index (χ4n) is 2.27. The van der Waals surface area contributed by atoms with Crippen molar-refractivity contribution in [1.82, 2.24) is 0 Å². The fraction of sp³-hybridized carbons (Fsp3) is 0.0556. The molecule has 112 valence electrons. The molecule has 2 heterocycles. The van der Waals surface area contributed by atoms with E-state index in [0.29, 0.717) is 6.54 Å². The summed E-state index contributed by atoms with van der Waals surface area (Å²) < 4.78 is 27.2. The van der Waals surface area contributed by atoms with Crippen LogP contribution in [0.4, 0.5) is 4.39 Å². The van der Waals surface area contributed by atoms with Crippen LogP contribution >= 0.6 is 7.92 Å². The molecule has 0 N–H and O–H groups in total. The zero-order chi connectivity index (χ0) is 16.1. The molecule has 0 fully saturated rings. The van der Waals surface area contributed by atoms with E-state index in [9.17, 15) is 8.96 Å². The molecule has 5 heteroatoms. The number of nitrogens with zero attached hydrogens (tertiary/aromatic N) is 2. The van der Waals surface area contributed by atoms with E-state index in [4.69, 9.17) is 0 Å². The molecule has 0 bridgehead atoms. The molecule has 0 aliphatic rings.